The number of para-hydroxylation sites is 2. The van der Waals surface area contributed by atoms with Gasteiger partial charge in [0, 0.05) is 0 Å². The van der Waals surface area contributed by atoms with E-state index in [2.05, 4.69) is 108 Å². The summed E-state index contributed by atoms with van der Waals surface area (Å²) in [5.41, 5.74) is 3.87. The molecule has 0 unspecified atom stereocenters. The van der Waals surface area contributed by atoms with Gasteiger partial charge in [-0.25, -0.2) is 0 Å². The average Bonchev–Trinajstić information content (AvgIpc) is 3.50. The predicted octanol–water partition coefficient (Wildman–Crippen LogP) is 6.50. The van der Waals surface area contributed by atoms with Crippen LogP contribution in [0, 0.1) is 11.3 Å². The van der Waals surface area contributed by atoms with Crippen molar-refractivity contribution in [3.63, 3.8) is 0 Å². The van der Waals surface area contributed by atoms with Gasteiger partial charge < -0.3 is 0 Å². The Labute approximate surface area is 249 Å². The van der Waals surface area contributed by atoms with Crippen LogP contribution >= 0.6 is 0 Å². The van der Waals surface area contributed by atoms with Crippen molar-refractivity contribution in [3.8, 4) is 6.07 Å². The Bertz CT molecular complexity index is 2140. The third-order valence-corrected chi connectivity index (χ3v) is 11.9. The first-order valence-electron chi connectivity index (χ1n) is 13.2. The van der Waals surface area contributed by atoms with Gasteiger partial charge in [0.2, 0.25) is 0 Å². The molecule has 0 N–H and O–H groups in total. The van der Waals surface area contributed by atoms with E-state index in [0.29, 0.717) is 11.4 Å². The Balaban J connectivity index is 1.24. The van der Waals surface area contributed by atoms with Crippen molar-refractivity contribution < 1.29 is 0 Å². The van der Waals surface area contributed by atoms with E-state index in [-0.39, 0.29) is 29.5 Å². The molecule has 0 saturated heterocycles. The second-order valence-corrected chi connectivity index (χ2v) is 14.3. The predicted molar refractivity (Wildman–Crippen MR) is 171 cm³/mol. The van der Waals surface area contributed by atoms with Crippen molar-refractivity contribution in [2.45, 2.75) is 0 Å². The van der Waals surface area contributed by atoms with E-state index in [1.807, 2.05) is 24.4 Å². The zero-order valence-corrected chi connectivity index (χ0v) is 25.1. The summed E-state index contributed by atoms with van der Waals surface area (Å²) in [4.78, 5) is 12.1. The Kier molecular flexibility index (Phi) is 5.84. The van der Waals surface area contributed by atoms with Crippen molar-refractivity contribution in [2.75, 3.05) is 4.90 Å². The van der Waals surface area contributed by atoms with Gasteiger partial charge in [0.15, 0.2) is 0 Å². The van der Waals surface area contributed by atoms with Gasteiger partial charge in [0.25, 0.3) is 0 Å². The first-order valence-corrected chi connectivity index (χ1v) is 16.7. The second-order valence-electron chi connectivity index (χ2n) is 9.77. The molecule has 0 amide bonds. The standard InChI is InChI=1S/C35H20N4Se2/c36-20-22(35-37-21-28-26-11-2-1-9-24(26)25-10-3-4-12-27(25)34(28)38-35)19-23-17-18-33(40-23)39-29-13-5-7-15-31(29)41-32-16-8-6-14-30(32)39/h1-19,21H/b22-19+. The fourth-order valence-electron chi connectivity index (χ4n) is 5.56. The molecule has 4 nitrogen and oxygen atoms in total. The molecule has 1 aliphatic heterocycles. The number of hydrogen-bond acceptors (Lipinski definition) is 4. The van der Waals surface area contributed by atoms with E-state index in [4.69, 9.17) is 9.97 Å². The Morgan fingerprint density at radius 2 is 1.27 bits per heavy atom. The Morgan fingerprint density at radius 3 is 1.95 bits per heavy atom. The SMILES string of the molecule is N#C/C(=C\c1ccc(N2c3ccccc3[Se]c3ccccc32)[se]1)c1ncc2c3ccccc3c3ccccc3c2n1. The maximum absolute atomic E-state index is 10.2. The van der Waals surface area contributed by atoms with E-state index in [1.165, 1.54) is 30.2 Å². The number of benzene rings is 5. The van der Waals surface area contributed by atoms with E-state index >= 15 is 0 Å². The van der Waals surface area contributed by atoms with Crippen LogP contribution in [0.4, 0.5) is 15.9 Å². The fourth-order valence-corrected chi connectivity index (χ4v) is 9.83. The number of nitriles is 1. The molecule has 0 atom stereocenters. The molecule has 1 aliphatic rings. The molecule has 7 aromatic rings. The summed E-state index contributed by atoms with van der Waals surface area (Å²) >= 11 is 0.301. The fraction of sp³-hybridized carbons (Fsp3) is 0. The third-order valence-electron chi connectivity index (χ3n) is 7.39. The summed E-state index contributed by atoms with van der Waals surface area (Å²) in [5.74, 6) is 0.460. The molecular formula is C35H20N4Se2. The van der Waals surface area contributed by atoms with E-state index in [0.717, 1.165) is 31.5 Å². The van der Waals surface area contributed by atoms with Crippen LogP contribution < -0.4 is 13.8 Å². The van der Waals surface area contributed by atoms with Gasteiger partial charge in [-0.1, -0.05) is 0 Å². The molecule has 6 heteroatoms. The van der Waals surface area contributed by atoms with E-state index in [1.54, 1.807) is 0 Å². The van der Waals surface area contributed by atoms with Crippen LogP contribution in [0.3, 0.4) is 0 Å². The molecule has 192 valence electrons. The average molecular weight is 654 g/mol. The number of nitrogens with zero attached hydrogens (tertiary/aromatic N) is 4. The quantitative estimate of drug-likeness (QED) is 0.124. The summed E-state index contributed by atoms with van der Waals surface area (Å²) in [6.45, 7) is 0. The molecule has 0 fully saturated rings. The van der Waals surface area contributed by atoms with Gasteiger partial charge in [0.1, 0.15) is 0 Å². The molecule has 2 aromatic heterocycles. The summed E-state index contributed by atoms with van der Waals surface area (Å²) in [5, 5.41) is 15.8. The van der Waals surface area contributed by atoms with E-state index < -0.39 is 0 Å². The number of fused-ring (bicyclic) bond motifs is 8. The van der Waals surface area contributed by atoms with Crippen molar-refractivity contribution >= 4 is 98.4 Å². The zero-order valence-electron chi connectivity index (χ0n) is 21.7. The van der Waals surface area contributed by atoms with Gasteiger partial charge in [-0.05, 0) is 0 Å². The monoisotopic (exact) mass is 656 g/mol. The second kappa shape index (κ2) is 9.85. The van der Waals surface area contributed by atoms with Crippen LogP contribution in [0.15, 0.2) is 115 Å². The number of anilines is 3. The van der Waals surface area contributed by atoms with Crippen LogP contribution in [0.25, 0.3) is 44.1 Å². The van der Waals surface area contributed by atoms with Crippen LogP contribution in [-0.4, -0.2) is 39.4 Å². The molecule has 8 rings (SSSR count). The van der Waals surface area contributed by atoms with Crippen molar-refractivity contribution in [1.29, 1.82) is 5.26 Å². The number of hydrogen-bond donors (Lipinski definition) is 0. The Hall–Kier alpha value is -4.49. The van der Waals surface area contributed by atoms with Crippen LogP contribution in [-0.2, 0) is 0 Å². The molecule has 0 radical (unpaired) electrons. The molecule has 0 aliphatic carbocycles. The minimum atomic E-state index is 0.0202. The van der Waals surface area contributed by atoms with Crippen LogP contribution in [0.2, 0.25) is 0 Å². The topological polar surface area (TPSA) is 52.8 Å². The Morgan fingerprint density at radius 1 is 0.683 bits per heavy atom. The maximum atomic E-state index is 10.2. The number of rotatable bonds is 3. The summed E-state index contributed by atoms with van der Waals surface area (Å²) in [7, 11) is 0. The molecular weight excluding hydrogens is 634 g/mol. The molecule has 5 aromatic carbocycles. The number of allylic oxidation sites excluding steroid dienone is 1. The first kappa shape index (κ1) is 24.3. The van der Waals surface area contributed by atoms with Gasteiger partial charge in [-0.2, -0.15) is 0 Å². The first-order chi connectivity index (χ1) is 20.3. The molecule has 0 saturated carbocycles. The molecule has 3 heterocycles. The van der Waals surface area contributed by atoms with E-state index in [9.17, 15) is 5.26 Å². The van der Waals surface area contributed by atoms with Gasteiger partial charge in [0.05, 0.1) is 0 Å². The van der Waals surface area contributed by atoms with Gasteiger partial charge in [-0.3, -0.25) is 0 Å². The summed E-state index contributed by atoms with van der Waals surface area (Å²) < 4.78 is 5.17. The van der Waals surface area contributed by atoms with Gasteiger partial charge >= 0.3 is 250 Å². The number of aromatic nitrogens is 2. The summed E-state index contributed by atoms with van der Waals surface area (Å²) in [6.07, 6.45) is 3.85. The molecule has 41 heavy (non-hydrogen) atoms. The molecule has 0 bridgehead atoms. The van der Waals surface area contributed by atoms with Gasteiger partial charge in [-0.15, -0.1) is 0 Å². The van der Waals surface area contributed by atoms with Crippen LogP contribution in [0.5, 0.6) is 0 Å². The van der Waals surface area contributed by atoms with Crippen LogP contribution in [0.1, 0.15) is 10.3 Å². The van der Waals surface area contributed by atoms with Crippen molar-refractivity contribution in [3.05, 3.63) is 126 Å². The van der Waals surface area contributed by atoms with Crippen molar-refractivity contribution in [2.24, 2.45) is 0 Å². The molecule has 0 spiro atoms. The van der Waals surface area contributed by atoms with Crippen molar-refractivity contribution in [1.82, 2.24) is 9.97 Å². The summed E-state index contributed by atoms with van der Waals surface area (Å²) in [6, 6.07) is 40.8. The normalized spacial score (nSPS) is 12.9. The third kappa shape index (κ3) is 4.03. The minimum absolute atomic E-state index is 0.0202. The zero-order chi connectivity index (χ0) is 27.3.